The summed E-state index contributed by atoms with van der Waals surface area (Å²) in [5.74, 6) is 0.433. The Morgan fingerprint density at radius 1 is 1.50 bits per heavy atom. The Balaban J connectivity index is 3.78. The molecule has 0 aromatic carbocycles. The standard InChI is InChI=1S/C10H18O2/c1-8(2)5-6-9(3)7-10(11)12-4/h7-8H,5-6H2,1-4H3/b9-7+. The highest BCUT2D eigenvalue weighted by molar-refractivity contribution is 5.82. The van der Waals surface area contributed by atoms with Gasteiger partial charge < -0.3 is 4.74 Å². The molecular formula is C10H18O2. The van der Waals surface area contributed by atoms with Crippen LogP contribution in [0.3, 0.4) is 0 Å². The van der Waals surface area contributed by atoms with Crippen LogP contribution in [0.4, 0.5) is 0 Å². The molecule has 2 heteroatoms. The van der Waals surface area contributed by atoms with Crippen molar-refractivity contribution in [3.8, 4) is 0 Å². The zero-order valence-electron chi connectivity index (χ0n) is 8.39. The van der Waals surface area contributed by atoms with Crippen molar-refractivity contribution in [3.05, 3.63) is 11.6 Å². The van der Waals surface area contributed by atoms with E-state index in [1.54, 1.807) is 6.08 Å². The number of hydrogen-bond donors (Lipinski definition) is 0. The van der Waals surface area contributed by atoms with Gasteiger partial charge in [-0.2, -0.15) is 0 Å². The van der Waals surface area contributed by atoms with Crippen molar-refractivity contribution in [2.45, 2.75) is 33.6 Å². The zero-order chi connectivity index (χ0) is 9.56. The summed E-state index contributed by atoms with van der Waals surface area (Å²) in [6.45, 7) is 6.30. The smallest absolute Gasteiger partial charge is 0.330 e. The fourth-order valence-electron chi connectivity index (χ4n) is 0.849. The van der Waals surface area contributed by atoms with Crippen LogP contribution in [0, 0.1) is 5.92 Å². The van der Waals surface area contributed by atoms with Crippen molar-refractivity contribution in [3.63, 3.8) is 0 Å². The van der Waals surface area contributed by atoms with Gasteiger partial charge in [-0.1, -0.05) is 19.4 Å². The van der Waals surface area contributed by atoms with E-state index in [1.165, 1.54) is 7.11 Å². The Morgan fingerprint density at radius 2 is 2.08 bits per heavy atom. The average molecular weight is 170 g/mol. The fourth-order valence-corrected chi connectivity index (χ4v) is 0.849. The molecule has 0 bridgehead atoms. The van der Waals surface area contributed by atoms with Crippen LogP contribution in [0.2, 0.25) is 0 Å². The van der Waals surface area contributed by atoms with E-state index in [1.807, 2.05) is 6.92 Å². The SMILES string of the molecule is COC(=O)/C=C(\C)CCC(C)C. The second-order valence-electron chi connectivity index (χ2n) is 3.45. The van der Waals surface area contributed by atoms with Crippen molar-refractivity contribution in [2.24, 2.45) is 5.92 Å². The van der Waals surface area contributed by atoms with Crippen molar-refractivity contribution in [1.82, 2.24) is 0 Å². The van der Waals surface area contributed by atoms with E-state index in [0.29, 0.717) is 5.92 Å². The summed E-state index contributed by atoms with van der Waals surface area (Å²) in [4.78, 5) is 10.8. The number of ether oxygens (including phenoxy) is 1. The molecule has 0 aliphatic heterocycles. The normalized spacial score (nSPS) is 11.9. The van der Waals surface area contributed by atoms with Gasteiger partial charge in [0.15, 0.2) is 0 Å². The third-order valence-corrected chi connectivity index (χ3v) is 1.68. The third-order valence-electron chi connectivity index (χ3n) is 1.68. The predicted molar refractivity (Wildman–Crippen MR) is 49.8 cm³/mol. The van der Waals surface area contributed by atoms with Gasteiger partial charge in [-0.15, -0.1) is 0 Å². The topological polar surface area (TPSA) is 26.3 Å². The Labute approximate surface area is 74.6 Å². The lowest BCUT2D eigenvalue weighted by Crippen LogP contribution is -1.96. The van der Waals surface area contributed by atoms with Gasteiger partial charge in [0, 0.05) is 6.08 Å². The summed E-state index contributed by atoms with van der Waals surface area (Å²) in [5, 5.41) is 0. The van der Waals surface area contributed by atoms with Gasteiger partial charge in [0.1, 0.15) is 0 Å². The molecule has 0 spiro atoms. The largest absolute Gasteiger partial charge is 0.466 e. The first-order chi connectivity index (χ1) is 5.56. The molecule has 0 fully saturated rings. The molecule has 0 saturated carbocycles. The first-order valence-electron chi connectivity index (χ1n) is 4.31. The summed E-state index contributed by atoms with van der Waals surface area (Å²) >= 11 is 0. The van der Waals surface area contributed by atoms with E-state index >= 15 is 0 Å². The summed E-state index contributed by atoms with van der Waals surface area (Å²) in [6, 6.07) is 0. The molecule has 0 rings (SSSR count). The zero-order valence-corrected chi connectivity index (χ0v) is 8.39. The molecule has 12 heavy (non-hydrogen) atoms. The minimum Gasteiger partial charge on any atom is -0.466 e. The molecule has 2 nitrogen and oxygen atoms in total. The van der Waals surface area contributed by atoms with Crippen LogP contribution in [0.25, 0.3) is 0 Å². The van der Waals surface area contributed by atoms with Gasteiger partial charge in [-0.3, -0.25) is 0 Å². The van der Waals surface area contributed by atoms with Gasteiger partial charge in [0.05, 0.1) is 7.11 Å². The van der Waals surface area contributed by atoms with Gasteiger partial charge in [0.25, 0.3) is 0 Å². The molecule has 0 aromatic rings. The molecule has 0 amide bonds. The van der Waals surface area contributed by atoms with E-state index in [0.717, 1.165) is 18.4 Å². The summed E-state index contributed by atoms with van der Waals surface area (Å²) < 4.78 is 4.51. The molecule has 0 unspecified atom stereocenters. The molecule has 0 aliphatic carbocycles. The van der Waals surface area contributed by atoms with Gasteiger partial charge in [0.2, 0.25) is 0 Å². The Morgan fingerprint density at radius 3 is 2.50 bits per heavy atom. The summed E-state index contributed by atoms with van der Waals surface area (Å²) in [6.07, 6.45) is 3.66. The predicted octanol–water partition coefficient (Wildman–Crippen LogP) is 2.54. The Hall–Kier alpha value is -0.790. The van der Waals surface area contributed by atoms with Crippen LogP contribution in [0.5, 0.6) is 0 Å². The van der Waals surface area contributed by atoms with E-state index in [-0.39, 0.29) is 5.97 Å². The summed E-state index contributed by atoms with van der Waals surface area (Å²) in [7, 11) is 1.40. The average Bonchev–Trinajstić information content (AvgIpc) is 2.00. The second-order valence-corrected chi connectivity index (χ2v) is 3.45. The fraction of sp³-hybridized carbons (Fsp3) is 0.700. The van der Waals surface area contributed by atoms with Crippen molar-refractivity contribution in [2.75, 3.05) is 7.11 Å². The highest BCUT2D eigenvalue weighted by Gasteiger charge is 1.98. The highest BCUT2D eigenvalue weighted by atomic mass is 16.5. The Bertz CT molecular complexity index is 169. The minimum atomic E-state index is -0.253. The quantitative estimate of drug-likeness (QED) is 0.478. The van der Waals surface area contributed by atoms with E-state index in [4.69, 9.17) is 0 Å². The maximum Gasteiger partial charge on any atom is 0.330 e. The monoisotopic (exact) mass is 170 g/mol. The van der Waals surface area contributed by atoms with Crippen molar-refractivity contribution in [1.29, 1.82) is 0 Å². The first-order valence-corrected chi connectivity index (χ1v) is 4.31. The van der Waals surface area contributed by atoms with Crippen molar-refractivity contribution >= 4 is 5.97 Å². The molecular weight excluding hydrogens is 152 g/mol. The molecule has 0 atom stereocenters. The molecule has 0 aliphatic rings. The first kappa shape index (κ1) is 11.2. The number of esters is 1. The molecule has 0 aromatic heterocycles. The maximum atomic E-state index is 10.8. The second kappa shape index (κ2) is 5.81. The third kappa shape index (κ3) is 5.96. The molecule has 0 saturated heterocycles. The lowest BCUT2D eigenvalue weighted by molar-refractivity contribution is -0.134. The number of hydrogen-bond acceptors (Lipinski definition) is 2. The number of rotatable bonds is 4. The minimum absolute atomic E-state index is 0.253. The van der Waals surface area contributed by atoms with Gasteiger partial charge >= 0.3 is 5.97 Å². The van der Waals surface area contributed by atoms with Crippen LogP contribution in [0.15, 0.2) is 11.6 Å². The highest BCUT2D eigenvalue weighted by Crippen LogP contribution is 2.10. The van der Waals surface area contributed by atoms with E-state index < -0.39 is 0 Å². The molecule has 0 N–H and O–H groups in total. The number of methoxy groups -OCH3 is 1. The van der Waals surface area contributed by atoms with Crippen LogP contribution in [-0.2, 0) is 9.53 Å². The van der Waals surface area contributed by atoms with Crippen LogP contribution < -0.4 is 0 Å². The lowest BCUT2D eigenvalue weighted by Gasteiger charge is -2.03. The van der Waals surface area contributed by atoms with Crippen molar-refractivity contribution < 1.29 is 9.53 Å². The summed E-state index contributed by atoms with van der Waals surface area (Å²) in [5.41, 5.74) is 1.09. The van der Waals surface area contributed by atoms with E-state index in [9.17, 15) is 4.79 Å². The Kier molecular flexibility index (Phi) is 5.43. The molecule has 0 radical (unpaired) electrons. The van der Waals surface area contributed by atoms with Gasteiger partial charge in [-0.25, -0.2) is 4.79 Å². The molecule has 70 valence electrons. The van der Waals surface area contributed by atoms with Crippen LogP contribution >= 0.6 is 0 Å². The van der Waals surface area contributed by atoms with Gasteiger partial charge in [-0.05, 0) is 25.7 Å². The maximum absolute atomic E-state index is 10.8. The number of allylic oxidation sites excluding steroid dienone is 1. The number of carbonyl (C=O) groups is 1. The van der Waals surface area contributed by atoms with E-state index in [2.05, 4.69) is 18.6 Å². The molecule has 0 heterocycles. The van der Waals surface area contributed by atoms with Crippen LogP contribution in [-0.4, -0.2) is 13.1 Å². The number of carbonyl (C=O) groups excluding carboxylic acids is 1. The lowest BCUT2D eigenvalue weighted by atomic mass is 10.0. The van der Waals surface area contributed by atoms with Crippen LogP contribution in [0.1, 0.15) is 33.6 Å².